The van der Waals surface area contributed by atoms with Crippen LogP contribution >= 0.6 is 11.8 Å². The van der Waals surface area contributed by atoms with Gasteiger partial charge in [-0.25, -0.2) is 4.79 Å². The Labute approximate surface area is 234 Å². The Hall–Kier alpha value is -3.56. The number of thioether (sulfide) groups is 1. The molecule has 0 radical (unpaired) electrons. The minimum atomic E-state index is -1.62. The van der Waals surface area contributed by atoms with Gasteiger partial charge in [-0.2, -0.15) is 0 Å². The number of aryl methyl sites for hydroxylation is 1. The minimum Gasteiger partial charge on any atom is -0.449 e. The van der Waals surface area contributed by atoms with E-state index in [2.05, 4.69) is 18.5 Å². The van der Waals surface area contributed by atoms with Gasteiger partial charge in [0.25, 0.3) is 11.8 Å². The molecule has 2 aromatic rings. The molecular formula is C30H37N3O5S. The van der Waals surface area contributed by atoms with Crippen molar-refractivity contribution in [3.63, 3.8) is 0 Å². The lowest BCUT2D eigenvalue weighted by Crippen LogP contribution is -2.56. The summed E-state index contributed by atoms with van der Waals surface area (Å²) in [6.07, 6.45) is 1.35. The van der Waals surface area contributed by atoms with Crippen LogP contribution in [-0.4, -0.2) is 68.9 Å². The highest BCUT2D eigenvalue weighted by molar-refractivity contribution is 7.99. The first-order valence-corrected chi connectivity index (χ1v) is 14.0. The van der Waals surface area contributed by atoms with Crippen molar-refractivity contribution in [1.29, 1.82) is 0 Å². The van der Waals surface area contributed by atoms with Crippen LogP contribution in [0.1, 0.15) is 30.0 Å². The van der Waals surface area contributed by atoms with Crippen LogP contribution in [0, 0.1) is 6.92 Å². The van der Waals surface area contributed by atoms with Gasteiger partial charge in [-0.15, -0.1) is 24.9 Å². The molecule has 0 bridgehead atoms. The lowest BCUT2D eigenvalue weighted by atomic mass is 10.00. The Morgan fingerprint density at radius 2 is 1.87 bits per heavy atom. The molecule has 2 N–H and O–H groups in total. The van der Waals surface area contributed by atoms with Crippen molar-refractivity contribution in [2.45, 2.75) is 56.8 Å². The molecular weight excluding hydrogens is 514 g/mol. The predicted molar refractivity (Wildman–Crippen MR) is 154 cm³/mol. The zero-order valence-corrected chi connectivity index (χ0v) is 23.3. The minimum absolute atomic E-state index is 0.127. The van der Waals surface area contributed by atoms with Crippen LogP contribution in [0.4, 0.5) is 4.79 Å². The van der Waals surface area contributed by atoms with E-state index < -0.39 is 30.2 Å². The summed E-state index contributed by atoms with van der Waals surface area (Å²) in [5.41, 5.74) is 2.91. The Morgan fingerprint density at radius 3 is 2.54 bits per heavy atom. The van der Waals surface area contributed by atoms with Crippen molar-refractivity contribution >= 4 is 29.7 Å². The average Bonchev–Trinajstić information content (AvgIpc) is 3.05. The lowest BCUT2D eigenvalue weighted by molar-refractivity contribution is -0.148. The van der Waals surface area contributed by atoms with Crippen LogP contribution in [-0.2, 0) is 27.3 Å². The topological polar surface area (TPSA) is 99.2 Å². The van der Waals surface area contributed by atoms with Gasteiger partial charge in [-0.05, 0) is 43.4 Å². The monoisotopic (exact) mass is 551 g/mol. The highest BCUT2D eigenvalue weighted by Gasteiger charge is 2.41. The second-order valence-electron chi connectivity index (χ2n) is 9.37. The third-order valence-electron chi connectivity index (χ3n) is 6.66. The van der Waals surface area contributed by atoms with E-state index in [1.165, 1.54) is 22.7 Å². The maximum Gasteiger partial charge on any atom is 0.407 e. The second kappa shape index (κ2) is 14.6. The number of aliphatic hydroxyl groups is 1. The Bertz CT molecular complexity index is 1160. The fourth-order valence-electron chi connectivity index (χ4n) is 4.33. The van der Waals surface area contributed by atoms with E-state index in [-0.39, 0.29) is 30.2 Å². The summed E-state index contributed by atoms with van der Waals surface area (Å²) in [5.74, 6) is -0.772. The molecule has 39 heavy (non-hydrogen) atoms. The molecule has 2 aromatic carbocycles. The number of carbonyl (C=O) groups excluding carboxylic acids is 3. The molecule has 1 fully saturated rings. The summed E-state index contributed by atoms with van der Waals surface area (Å²) in [5, 5.41) is 13.7. The number of hydrogen-bond acceptors (Lipinski definition) is 6. The van der Waals surface area contributed by atoms with Crippen LogP contribution < -0.4 is 5.32 Å². The first kappa shape index (κ1) is 30.0. The first-order valence-electron chi connectivity index (χ1n) is 12.9. The van der Waals surface area contributed by atoms with E-state index in [0.717, 1.165) is 16.7 Å². The molecule has 3 rings (SSSR count). The van der Waals surface area contributed by atoms with E-state index in [1.807, 2.05) is 68.4 Å². The first-order chi connectivity index (χ1) is 18.8. The molecule has 1 saturated heterocycles. The van der Waals surface area contributed by atoms with Gasteiger partial charge in [-0.1, -0.05) is 66.7 Å². The van der Waals surface area contributed by atoms with Crippen LogP contribution in [0.25, 0.3) is 0 Å². The van der Waals surface area contributed by atoms with Crippen molar-refractivity contribution in [1.82, 2.24) is 15.1 Å². The molecule has 0 aromatic heterocycles. The molecule has 3 amide bonds. The Kier molecular flexibility index (Phi) is 11.2. The van der Waals surface area contributed by atoms with Gasteiger partial charge >= 0.3 is 6.09 Å². The summed E-state index contributed by atoms with van der Waals surface area (Å²) in [7, 11) is 0. The SMILES string of the molecule is C=CCCOC(=O)N[C@@H](Cc1ccccc1)[C@H](O)C(=O)N1CSC(C)N(Cc2ccccc2C)C(=O)[C@@H]1C=C. The van der Waals surface area contributed by atoms with Gasteiger partial charge in [0.05, 0.1) is 23.9 Å². The van der Waals surface area contributed by atoms with Crippen LogP contribution in [0.2, 0.25) is 0 Å². The third kappa shape index (κ3) is 7.97. The molecule has 0 aliphatic carbocycles. The molecule has 208 valence electrons. The van der Waals surface area contributed by atoms with E-state index in [1.54, 1.807) is 11.0 Å². The van der Waals surface area contributed by atoms with Gasteiger partial charge in [-0.3, -0.25) is 9.59 Å². The lowest BCUT2D eigenvalue weighted by Gasteiger charge is -2.32. The summed E-state index contributed by atoms with van der Waals surface area (Å²) in [6.45, 7) is 11.9. The van der Waals surface area contributed by atoms with E-state index in [9.17, 15) is 19.5 Å². The fraction of sp³-hybridized carbons (Fsp3) is 0.367. The second-order valence-corrected chi connectivity index (χ2v) is 10.6. The van der Waals surface area contributed by atoms with E-state index >= 15 is 0 Å². The summed E-state index contributed by atoms with van der Waals surface area (Å²) in [4.78, 5) is 42.9. The van der Waals surface area contributed by atoms with Gasteiger partial charge in [0, 0.05) is 6.54 Å². The summed E-state index contributed by atoms with van der Waals surface area (Å²) < 4.78 is 5.16. The quantitative estimate of drug-likeness (QED) is 0.323. The van der Waals surface area contributed by atoms with E-state index in [4.69, 9.17) is 4.74 Å². The number of ether oxygens (including phenoxy) is 1. The highest BCUT2D eigenvalue weighted by atomic mass is 32.2. The number of benzene rings is 2. The third-order valence-corrected chi connectivity index (χ3v) is 7.83. The largest absolute Gasteiger partial charge is 0.449 e. The summed E-state index contributed by atoms with van der Waals surface area (Å²) in [6, 6.07) is 15.1. The van der Waals surface area contributed by atoms with Gasteiger partial charge in [0.15, 0.2) is 6.10 Å². The van der Waals surface area contributed by atoms with E-state index in [0.29, 0.717) is 13.0 Å². The number of nitrogens with zero attached hydrogens (tertiary/aromatic N) is 2. The van der Waals surface area contributed by atoms with Gasteiger partial charge in [0.2, 0.25) is 0 Å². The van der Waals surface area contributed by atoms with Crippen molar-refractivity contribution < 1.29 is 24.2 Å². The van der Waals surface area contributed by atoms with Crippen molar-refractivity contribution in [2.24, 2.45) is 0 Å². The van der Waals surface area contributed by atoms with Crippen molar-refractivity contribution in [3.05, 3.63) is 96.6 Å². The smallest absolute Gasteiger partial charge is 0.407 e. The van der Waals surface area contributed by atoms with Crippen LogP contribution in [0.5, 0.6) is 0 Å². The van der Waals surface area contributed by atoms with Crippen LogP contribution in [0.3, 0.4) is 0 Å². The van der Waals surface area contributed by atoms with Crippen LogP contribution in [0.15, 0.2) is 79.9 Å². The zero-order chi connectivity index (χ0) is 28.4. The number of carbonyl (C=O) groups is 3. The number of alkyl carbamates (subject to hydrolysis) is 1. The van der Waals surface area contributed by atoms with Crippen molar-refractivity contribution in [2.75, 3.05) is 12.5 Å². The fourth-order valence-corrected chi connectivity index (χ4v) is 5.35. The molecule has 1 aliphatic heterocycles. The van der Waals surface area contributed by atoms with Crippen molar-refractivity contribution in [3.8, 4) is 0 Å². The normalized spacial score (nSPS) is 19.0. The molecule has 9 heteroatoms. The maximum absolute atomic E-state index is 13.7. The number of nitrogens with one attached hydrogen (secondary N) is 1. The predicted octanol–water partition coefficient (Wildman–Crippen LogP) is 4.03. The molecule has 1 heterocycles. The Morgan fingerprint density at radius 1 is 1.18 bits per heavy atom. The van der Waals surface area contributed by atoms with Gasteiger partial charge < -0.3 is 25.0 Å². The highest BCUT2D eigenvalue weighted by Crippen LogP contribution is 2.28. The number of aliphatic hydroxyl groups excluding tert-OH is 1. The number of rotatable bonds is 11. The number of amides is 3. The average molecular weight is 552 g/mol. The van der Waals surface area contributed by atoms with Gasteiger partial charge in [0.1, 0.15) is 6.04 Å². The molecule has 0 saturated carbocycles. The number of hydrogen-bond donors (Lipinski definition) is 2. The zero-order valence-electron chi connectivity index (χ0n) is 22.5. The molecule has 0 spiro atoms. The maximum atomic E-state index is 13.7. The Balaban J connectivity index is 1.82. The molecule has 8 nitrogen and oxygen atoms in total. The molecule has 1 aliphatic rings. The molecule has 4 atom stereocenters. The standard InChI is InChI=1S/C30H37N3O5S/c1-5-7-17-38-30(37)31-25(18-23-14-9-8-10-15-23)27(34)29(36)33-20-39-22(4)32(28(35)26(33)6-2)19-24-16-12-11-13-21(24)3/h5-6,8-16,22,25-27,34H,1-2,7,17-20H2,3-4H3,(H,31,37)/t22?,25-,26-,27-/m0/s1. The summed E-state index contributed by atoms with van der Waals surface area (Å²) >= 11 is 1.42. The molecule has 1 unspecified atom stereocenters.